The Kier molecular flexibility index (Phi) is 7.84. The van der Waals surface area contributed by atoms with Crippen LogP contribution >= 0.6 is 22.6 Å². The number of nitrogens with one attached hydrogen (secondary N) is 2. The van der Waals surface area contributed by atoms with E-state index in [1.54, 1.807) is 18.2 Å². The topological polar surface area (TPSA) is 114 Å². The van der Waals surface area contributed by atoms with E-state index in [-0.39, 0.29) is 40.9 Å². The molecule has 0 unspecified atom stereocenters. The molecule has 0 fully saturated rings. The lowest BCUT2D eigenvalue weighted by molar-refractivity contribution is 0.214. The van der Waals surface area contributed by atoms with Gasteiger partial charge in [-0.05, 0) is 69.4 Å². The molecule has 4 aliphatic rings. The molecule has 0 aromatic heterocycles. The summed E-state index contributed by atoms with van der Waals surface area (Å²) >= 11 is 2.15. The van der Waals surface area contributed by atoms with Gasteiger partial charge >= 0.3 is 0 Å². The Morgan fingerprint density at radius 1 is 0.690 bits per heavy atom. The number of fused-ring (bicyclic) bond motifs is 10. The molecule has 4 aromatic carbocycles. The van der Waals surface area contributed by atoms with Crippen molar-refractivity contribution in [3.05, 3.63) is 112 Å². The number of benzene rings is 4. The maximum Gasteiger partial charge on any atom is 0.161 e. The normalized spacial score (nSPS) is 22.6. The minimum absolute atomic E-state index is 0.0146. The average Bonchev–Trinajstić information content (AvgIpc) is 3.07. The summed E-state index contributed by atoms with van der Waals surface area (Å²) in [4.78, 5) is 1.97. The first-order valence-electron chi connectivity index (χ1n) is 15.2. The zero-order chi connectivity index (χ0) is 31.4. The van der Waals surface area contributed by atoms with Gasteiger partial charge < -0.3 is 35.8 Å². The number of hydrogen-bond donors (Lipinski definition) is 6. The van der Waals surface area contributed by atoms with Crippen LogP contribution in [0.15, 0.2) is 72.8 Å². The van der Waals surface area contributed by atoms with E-state index in [0.717, 1.165) is 42.6 Å². The van der Waals surface area contributed by atoms with Gasteiger partial charge in [-0.2, -0.15) is 0 Å². The van der Waals surface area contributed by atoms with Gasteiger partial charge in [0.05, 0.1) is 6.04 Å². The summed E-state index contributed by atoms with van der Waals surface area (Å²) < 4.78 is 15.7. The average molecular weight is 684 g/mol. The first kappa shape index (κ1) is 27.4. The van der Waals surface area contributed by atoms with Gasteiger partial charge in [0.1, 0.15) is 12.4 Å². The monoisotopic (exact) mass is 683 g/mol. The van der Waals surface area contributed by atoms with E-state index >= 15 is 0 Å². The van der Waals surface area contributed by atoms with Crippen molar-refractivity contribution >= 4 is 22.6 Å². The lowest BCUT2D eigenvalue weighted by Crippen LogP contribution is -2.46. The summed E-state index contributed by atoms with van der Waals surface area (Å²) in [7, 11) is 0. The van der Waals surface area contributed by atoms with Crippen LogP contribution in [0.5, 0.6) is 28.7 Å². The van der Waals surface area contributed by atoms with Crippen molar-refractivity contribution in [2.24, 2.45) is 0 Å². The molecule has 8 heteroatoms. The van der Waals surface area contributed by atoms with Crippen LogP contribution in [0.2, 0.25) is 0 Å². The Morgan fingerprint density at radius 2 is 1.21 bits per heavy atom. The molecule has 3 heterocycles. The second kappa shape index (κ2) is 12.0. The van der Waals surface area contributed by atoms with Crippen LogP contribution in [-0.2, 0) is 19.5 Å². The van der Waals surface area contributed by atoms with E-state index in [1.165, 1.54) is 28.3 Å². The van der Waals surface area contributed by atoms with E-state index in [1.807, 2.05) is 17.1 Å². The van der Waals surface area contributed by atoms with Gasteiger partial charge in [-0.1, -0.05) is 71.1 Å². The molecule has 4 aromatic rings. The van der Waals surface area contributed by atoms with Gasteiger partial charge in [0, 0.05) is 45.6 Å². The molecular weight excluding hydrogens is 643 g/mol. The Hall–Kier alpha value is -3.47. The van der Waals surface area contributed by atoms with E-state index in [4.69, 9.17) is 7.71 Å². The number of aryl methyl sites for hydroxylation is 1. The predicted octanol–water partition coefficient (Wildman–Crippen LogP) is 6.04. The van der Waals surface area contributed by atoms with Crippen molar-refractivity contribution in [3.63, 3.8) is 0 Å². The number of rotatable bonds is 0. The Morgan fingerprint density at radius 3 is 1.88 bits per heavy atom. The summed E-state index contributed by atoms with van der Waals surface area (Å²) in [6, 6.07) is 24.0. The van der Waals surface area contributed by atoms with Gasteiger partial charge in [0.25, 0.3) is 0 Å². The Balaban J connectivity index is 0.000000157. The van der Waals surface area contributed by atoms with Gasteiger partial charge in [-0.3, -0.25) is 0 Å². The first-order valence-corrected chi connectivity index (χ1v) is 16.4. The number of phenols is 4. The van der Waals surface area contributed by atoms with E-state index in [0.29, 0.717) is 18.4 Å². The van der Waals surface area contributed by atoms with Crippen LogP contribution in [0.3, 0.4) is 0 Å². The number of halogens is 1. The molecule has 8 rings (SSSR count). The highest BCUT2D eigenvalue weighted by Gasteiger charge is 2.37. The summed E-state index contributed by atoms with van der Waals surface area (Å²) in [5.74, 6) is 0.799. The van der Waals surface area contributed by atoms with Crippen LogP contribution in [0.1, 0.15) is 60.2 Å². The predicted molar refractivity (Wildman–Crippen MR) is 173 cm³/mol. The smallest absolute Gasteiger partial charge is 0.161 e. The number of alkyl halides is 1. The molecule has 42 heavy (non-hydrogen) atoms. The van der Waals surface area contributed by atoms with Crippen LogP contribution in [-0.4, -0.2) is 44.0 Å². The van der Waals surface area contributed by atoms with Gasteiger partial charge in [-0.25, -0.2) is 0 Å². The fourth-order valence-corrected chi connectivity index (χ4v) is 6.92. The lowest BCUT2D eigenvalue weighted by Gasteiger charge is -2.39. The number of hydrogen-bond acceptors (Lipinski definition) is 7. The van der Waals surface area contributed by atoms with Gasteiger partial charge in [0.15, 0.2) is 23.0 Å². The molecule has 0 saturated heterocycles. The van der Waals surface area contributed by atoms with E-state index in [9.17, 15) is 20.4 Å². The molecule has 3 aliphatic heterocycles. The van der Waals surface area contributed by atoms with Gasteiger partial charge in [-0.15, -0.1) is 0 Å². The maximum atomic E-state index is 9.84. The zero-order valence-electron chi connectivity index (χ0n) is 25.3. The highest BCUT2D eigenvalue weighted by molar-refractivity contribution is 14.1. The van der Waals surface area contributed by atoms with Crippen molar-refractivity contribution in [3.8, 4) is 28.7 Å². The standard InChI is InChI=1S/C17H17NO2.C16H15NO3.CH3I.H2/c19-15-7-10-5-6-14-17(13(10)8-16(15)20)12-4-2-1-3-11(12)9-18-14;18-13-5-11-15(6-14(13)19)20-8-12-16(11)10-4-2-1-3-9(10)7-17-12;1-2;/h1-4,7-8,14,17-20H,5-6,9H2;1-6,12,16-19H,7-8H2;1H3;1H/t14-,17-;12-,16-;;/m11../s1/i;;;1+2D. The fourth-order valence-electron chi connectivity index (χ4n) is 6.92. The lowest BCUT2D eigenvalue weighted by atomic mass is 9.72. The highest BCUT2D eigenvalue weighted by atomic mass is 127. The third-order valence-corrected chi connectivity index (χ3v) is 8.85. The van der Waals surface area contributed by atoms with Crippen molar-refractivity contribution in [1.29, 1.82) is 0 Å². The molecule has 0 spiro atoms. The van der Waals surface area contributed by atoms with Crippen molar-refractivity contribution < 1.29 is 28.1 Å². The largest absolute Gasteiger partial charge is 0.504 e. The number of phenolic OH excluding ortho intramolecular Hbond substituents is 4. The second-order valence-electron chi connectivity index (χ2n) is 11.1. The number of aromatic hydroxyl groups is 4. The maximum absolute atomic E-state index is 9.84. The molecule has 1 aliphatic carbocycles. The molecule has 0 radical (unpaired) electrons. The minimum atomic E-state index is -0.140. The Labute approximate surface area is 262 Å². The summed E-state index contributed by atoms with van der Waals surface area (Å²) in [6.45, 7) is 2.31. The first-order chi connectivity index (χ1) is 21.5. The molecule has 7 nitrogen and oxygen atoms in total. The SMILES string of the molecule is CI.Oc1cc2c(cc1O)[C@H]1c3ccccc3CN[C@@H]1CC2.Oc1cc2c(cc1O)[C@H]1c3ccccc3CN[C@@H]1CO2.[2H][3H]. The quantitative estimate of drug-likeness (QED) is 0.0762. The number of ether oxygens (including phenoxy) is 1. The summed E-state index contributed by atoms with van der Waals surface area (Å²) in [5.41, 5.74) is 8.45. The minimum Gasteiger partial charge on any atom is -0.504 e. The molecular formula is C34H37IN2O5. The van der Waals surface area contributed by atoms with Crippen LogP contribution in [0.25, 0.3) is 0 Å². The van der Waals surface area contributed by atoms with Crippen LogP contribution < -0.4 is 15.4 Å². The van der Waals surface area contributed by atoms with Gasteiger partial charge in [0.2, 0.25) is 0 Å². The molecule has 0 bridgehead atoms. The molecule has 4 atom stereocenters. The molecule has 6 N–H and O–H groups in total. The van der Waals surface area contributed by atoms with Crippen molar-refractivity contribution in [2.75, 3.05) is 11.5 Å². The summed E-state index contributed by atoms with van der Waals surface area (Å²) in [5, 5.41) is 46.0. The van der Waals surface area contributed by atoms with Crippen LogP contribution in [0.4, 0.5) is 0 Å². The molecule has 0 amide bonds. The van der Waals surface area contributed by atoms with E-state index in [2.05, 4.69) is 69.6 Å². The van der Waals surface area contributed by atoms with E-state index < -0.39 is 0 Å². The second-order valence-corrected chi connectivity index (χ2v) is 11.1. The van der Waals surface area contributed by atoms with Crippen molar-refractivity contribution in [1.82, 2.24) is 10.6 Å². The Bertz CT molecular complexity index is 1500. The molecule has 0 saturated carbocycles. The third kappa shape index (κ3) is 5.16. The highest BCUT2D eigenvalue weighted by Crippen LogP contribution is 2.46. The third-order valence-electron chi connectivity index (χ3n) is 8.85. The zero-order valence-corrected chi connectivity index (χ0v) is 25.5. The van der Waals surface area contributed by atoms with Crippen LogP contribution in [0, 0.1) is 0 Å². The van der Waals surface area contributed by atoms with Crippen molar-refractivity contribution in [2.45, 2.75) is 49.9 Å². The summed E-state index contributed by atoms with van der Waals surface area (Å²) in [6.07, 6.45) is 2.01. The fraction of sp³-hybridized carbons (Fsp3) is 0.294. The molecule has 220 valence electrons.